The molecule has 2 atom stereocenters. The number of hydrogen-bond donors (Lipinski definition) is 2. The third-order valence-corrected chi connectivity index (χ3v) is 5.53. The maximum absolute atomic E-state index is 14.1. The molecule has 2 N–H and O–H groups in total. The van der Waals surface area contributed by atoms with E-state index in [0.29, 0.717) is 0 Å². The molecule has 1 fully saturated rings. The van der Waals surface area contributed by atoms with Crippen molar-refractivity contribution in [2.75, 3.05) is 19.7 Å². The standard InChI is InChI=1S/C17H22FN3O5S/c1-16(2,12-22)20-9-15(23)21-10-13(18)8-17(21,11-19)26-27(24,25)14-6-4-3-5-7-14/h3-7,13,20,22H,8-10,12H2,1-2H3/t13-,17-/m0/s1. The third-order valence-electron chi connectivity index (χ3n) is 4.18. The number of carbonyl (C=O) groups excluding carboxylic acids is 1. The number of hydrogen-bond acceptors (Lipinski definition) is 7. The fourth-order valence-electron chi connectivity index (χ4n) is 2.61. The summed E-state index contributed by atoms with van der Waals surface area (Å²) in [7, 11) is -4.40. The van der Waals surface area contributed by atoms with Gasteiger partial charge in [-0.05, 0) is 26.0 Å². The van der Waals surface area contributed by atoms with E-state index < -0.39 is 46.4 Å². The summed E-state index contributed by atoms with van der Waals surface area (Å²) in [6, 6.07) is 8.78. The van der Waals surface area contributed by atoms with Crippen molar-refractivity contribution in [2.45, 2.75) is 42.6 Å². The molecule has 0 bridgehead atoms. The second-order valence-electron chi connectivity index (χ2n) is 6.95. The van der Waals surface area contributed by atoms with Crippen LogP contribution in [0.5, 0.6) is 0 Å². The second-order valence-corrected chi connectivity index (χ2v) is 8.49. The minimum absolute atomic E-state index is 0.200. The Labute approximate surface area is 157 Å². The van der Waals surface area contributed by atoms with Gasteiger partial charge < -0.3 is 10.4 Å². The number of alkyl halides is 1. The van der Waals surface area contributed by atoms with Gasteiger partial charge in [-0.1, -0.05) is 18.2 Å². The fraction of sp³-hybridized carbons (Fsp3) is 0.529. The van der Waals surface area contributed by atoms with Gasteiger partial charge in [-0.2, -0.15) is 13.7 Å². The molecule has 10 heteroatoms. The van der Waals surface area contributed by atoms with E-state index in [2.05, 4.69) is 5.32 Å². The first-order valence-electron chi connectivity index (χ1n) is 8.28. The van der Waals surface area contributed by atoms with Crippen molar-refractivity contribution >= 4 is 16.0 Å². The van der Waals surface area contributed by atoms with Crippen LogP contribution in [0.25, 0.3) is 0 Å². The summed E-state index contributed by atoms with van der Waals surface area (Å²) in [5.41, 5.74) is -3.05. The number of rotatable bonds is 7. The maximum Gasteiger partial charge on any atom is 0.300 e. The van der Waals surface area contributed by atoms with Gasteiger partial charge in [0.2, 0.25) is 5.91 Å². The van der Waals surface area contributed by atoms with Crippen LogP contribution in [-0.2, 0) is 19.1 Å². The molecule has 0 radical (unpaired) electrons. The SMILES string of the molecule is CC(C)(CO)NCC(=O)N1C[C@@H](F)C[C@@]1(C#N)OS(=O)(=O)c1ccccc1. The topological polar surface area (TPSA) is 120 Å². The smallest absolute Gasteiger partial charge is 0.300 e. The Morgan fingerprint density at radius 1 is 1.48 bits per heavy atom. The minimum Gasteiger partial charge on any atom is -0.394 e. The van der Waals surface area contributed by atoms with E-state index in [1.54, 1.807) is 26.0 Å². The van der Waals surface area contributed by atoms with Gasteiger partial charge in [0.1, 0.15) is 12.2 Å². The van der Waals surface area contributed by atoms with Crippen LogP contribution < -0.4 is 5.32 Å². The molecular formula is C17H22FN3O5S. The molecule has 0 unspecified atom stereocenters. The van der Waals surface area contributed by atoms with Crippen LogP contribution in [-0.4, -0.2) is 61.5 Å². The number of nitrogens with zero attached hydrogens (tertiary/aromatic N) is 2. The molecule has 1 aromatic carbocycles. The average Bonchev–Trinajstić information content (AvgIpc) is 2.96. The highest BCUT2D eigenvalue weighted by molar-refractivity contribution is 7.86. The highest BCUT2D eigenvalue weighted by Crippen LogP contribution is 2.35. The van der Waals surface area contributed by atoms with Crippen molar-refractivity contribution in [3.8, 4) is 6.07 Å². The molecule has 1 aromatic rings. The van der Waals surface area contributed by atoms with Crippen LogP contribution in [0.1, 0.15) is 20.3 Å². The van der Waals surface area contributed by atoms with Crippen molar-refractivity contribution in [1.82, 2.24) is 10.2 Å². The molecule has 27 heavy (non-hydrogen) atoms. The third kappa shape index (κ3) is 4.81. The van der Waals surface area contributed by atoms with E-state index in [-0.39, 0.29) is 18.0 Å². The number of likely N-dealkylation sites (tertiary alicyclic amines) is 1. The Morgan fingerprint density at radius 3 is 2.67 bits per heavy atom. The van der Waals surface area contributed by atoms with Crippen LogP contribution in [0.4, 0.5) is 4.39 Å². The summed E-state index contributed by atoms with van der Waals surface area (Å²) in [6.45, 7) is 2.26. The predicted octanol–water partition coefficient (Wildman–Crippen LogP) is 0.543. The normalized spacial score (nSPS) is 23.2. The molecule has 148 valence electrons. The van der Waals surface area contributed by atoms with Gasteiger partial charge >= 0.3 is 0 Å². The van der Waals surface area contributed by atoms with Gasteiger partial charge in [0, 0.05) is 12.0 Å². The van der Waals surface area contributed by atoms with E-state index >= 15 is 0 Å². The zero-order valence-electron chi connectivity index (χ0n) is 15.1. The lowest BCUT2D eigenvalue weighted by molar-refractivity contribution is -0.140. The van der Waals surface area contributed by atoms with Crippen LogP contribution >= 0.6 is 0 Å². The molecule has 1 aliphatic heterocycles. The molecule has 1 amide bonds. The molecule has 1 saturated heterocycles. The minimum atomic E-state index is -4.40. The summed E-state index contributed by atoms with van der Waals surface area (Å²) in [4.78, 5) is 13.1. The first kappa shape index (κ1) is 21.2. The van der Waals surface area contributed by atoms with Crippen LogP contribution in [0, 0.1) is 11.3 Å². The highest BCUT2D eigenvalue weighted by atomic mass is 32.2. The first-order valence-corrected chi connectivity index (χ1v) is 9.68. The van der Waals surface area contributed by atoms with Crippen LogP contribution in [0.3, 0.4) is 0 Å². The maximum atomic E-state index is 14.1. The molecule has 8 nitrogen and oxygen atoms in total. The number of nitrogens with one attached hydrogen (secondary N) is 1. The monoisotopic (exact) mass is 399 g/mol. The van der Waals surface area contributed by atoms with E-state index in [4.69, 9.17) is 4.18 Å². The lowest BCUT2D eigenvalue weighted by Crippen LogP contribution is -2.54. The van der Waals surface area contributed by atoms with Gasteiger partial charge in [-0.3, -0.25) is 9.69 Å². The predicted molar refractivity (Wildman–Crippen MR) is 93.5 cm³/mol. The van der Waals surface area contributed by atoms with E-state index in [9.17, 15) is 28.0 Å². The summed E-state index contributed by atoms with van der Waals surface area (Å²) < 4.78 is 44.2. The van der Waals surface area contributed by atoms with Crippen LogP contribution in [0.2, 0.25) is 0 Å². The fourth-order valence-corrected chi connectivity index (χ4v) is 3.76. The van der Waals surface area contributed by atoms with Gasteiger partial charge in [0.15, 0.2) is 0 Å². The average molecular weight is 399 g/mol. The van der Waals surface area contributed by atoms with Crippen molar-refractivity contribution in [1.29, 1.82) is 5.26 Å². The second kappa shape index (κ2) is 7.90. The molecular weight excluding hydrogens is 377 g/mol. The first-order chi connectivity index (χ1) is 12.6. The number of aliphatic hydroxyl groups excluding tert-OH is 1. The molecule has 0 spiro atoms. The molecule has 0 aromatic heterocycles. The largest absolute Gasteiger partial charge is 0.394 e. The van der Waals surface area contributed by atoms with Gasteiger partial charge in [0.05, 0.1) is 24.6 Å². The summed E-state index contributed by atoms with van der Waals surface area (Å²) in [5.74, 6) is -0.707. The lowest BCUT2D eigenvalue weighted by Gasteiger charge is -2.32. The number of halogens is 1. The number of nitriles is 1. The van der Waals surface area contributed by atoms with Crippen molar-refractivity contribution < 1.29 is 26.9 Å². The van der Waals surface area contributed by atoms with Gasteiger partial charge in [-0.25, -0.2) is 8.57 Å². The van der Waals surface area contributed by atoms with Crippen molar-refractivity contribution in [3.05, 3.63) is 30.3 Å². The quantitative estimate of drug-likeness (QED) is 0.642. The van der Waals surface area contributed by atoms with E-state index in [1.165, 1.54) is 24.3 Å². The Morgan fingerprint density at radius 2 is 2.11 bits per heavy atom. The lowest BCUT2D eigenvalue weighted by atomic mass is 10.1. The van der Waals surface area contributed by atoms with E-state index in [1.807, 2.05) is 0 Å². The zero-order chi connectivity index (χ0) is 20.3. The Bertz CT molecular complexity index is 825. The van der Waals surface area contributed by atoms with Crippen molar-refractivity contribution in [2.24, 2.45) is 0 Å². The van der Waals surface area contributed by atoms with Gasteiger partial charge in [-0.15, -0.1) is 0 Å². The zero-order valence-corrected chi connectivity index (χ0v) is 15.9. The molecule has 2 rings (SSSR count). The molecule has 0 aliphatic carbocycles. The number of carbonyl (C=O) groups is 1. The Balaban J connectivity index is 2.27. The molecule has 0 saturated carbocycles. The van der Waals surface area contributed by atoms with Crippen LogP contribution in [0.15, 0.2) is 35.2 Å². The summed E-state index contributed by atoms with van der Waals surface area (Å²) in [6.07, 6.45) is -2.18. The van der Waals surface area contributed by atoms with Crippen molar-refractivity contribution in [3.63, 3.8) is 0 Å². The molecule has 1 aliphatic rings. The Hall–Kier alpha value is -2.06. The van der Waals surface area contributed by atoms with Gasteiger partial charge in [0.25, 0.3) is 15.8 Å². The van der Waals surface area contributed by atoms with E-state index in [0.717, 1.165) is 4.90 Å². The Kier molecular flexibility index (Phi) is 6.21. The molecule has 1 heterocycles. The highest BCUT2D eigenvalue weighted by Gasteiger charge is 2.53. The number of benzene rings is 1. The summed E-state index contributed by atoms with van der Waals surface area (Å²) >= 11 is 0. The summed E-state index contributed by atoms with van der Waals surface area (Å²) in [5, 5.41) is 21.6. The number of amides is 1. The number of aliphatic hydroxyl groups is 1.